The van der Waals surface area contributed by atoms with Crippen molar-refractivity contribution in [3.05, 3.63) is 42.0 Å². The average Bonchev–Trinajstić information content (AvgIpc) is 2.38. The quantitative estimate of drug-likeness (QED) is 0.908. The zero-order valence-electron chi connectivity index (χ0n) is 10.0. The predicted octanol–water partition coefficient (Wildman–Crippen LogP) is 3.36. The first-order valence-electron chi connectivity index (χ1n) is 5.40. The number of alkyl halides is 3. The van der Waals surface area contributed by atoms with Crippen molar-refractivity contribution in [1.82, 2.24) is 4.98 Å². The number of nitrogens with two attached hydrogens (primary N) is 1. The molecule has 100 valence electrons. The third-order valence-electron chi connectivity index (χ3n) is 2.61. The van der Waals surface area contributed by atoms with E-state index in [0.717, 1.165) is 12.1 Å². The van der Waals surface area contributed by atoms with Crippen LogP contribution >= 0.6 is 0 Å². The summed E-state index contributed by atoms with van der Waals surface area (Å²) in [5.41, 5.74) is 6.01. The summed E-state index contributed by atoms with van der Waals surface area (Å²) in [6.07, 6.45) is -4.34. The summed E-state index contributed by atoms with van der Waals surface area (Å²) in [7, 11) is 1.46. The van der Waals surface area contributed by atoms with Gasteiger partial charge in [-0.2, -0.15) is 13.2 Å². The van der Waals surface area contributed by atoms with Crippen molar-refractivity contribution in [1.29, 1.82) is 0 Å². The minimum absolute atomic E-state index is 0.194. The van der Waals surface area contributed by atoms with Crippen LogP contribution in [0, 0.1) is 0 Å². The van der Waals surface area contributed by atoms with Gasteiger partial charge in [0, 0.05) is 5.56 Å². The number of methoxy groups -OCH3 is 1. The third-order valence-corrected chi connectivity index (χ3v) is 2.61. The SMILES string of the molecule is COc1ccc(-c2ccc(C(F)(F)F)cc2)nc1N. The van der Waals surface area contributed by atoms with Gasteiger partial charge in [0.15, 0.2) is 11.6 Å². The highest BCUT2D eigenvalue weighted by atomic mass is 19.4. The molecule has 0 atom stereocenters. The molecule has 0 aliphatic rings. The summed E-state index contributed by atoms with van der Waals surface area (Å²) in [6.45, 7) is 0. The molecule has 1 heterocycles. The summed E-state index contributed by atoms with van der Waals surface area (Å²) < 4.78 is 42.3. The molecule has 0 unspecified atom stereocenters. The molecule has 0 saturated carbocycles. The lowest BCUT2D eigenvalue weighted by atomic mass is 10.1. The van der Waals surface area contributed by atoms with E-state index in [1.807, 2.05) is 0 Å². The number of ether oxygens (including phenoxy) is 1. The van der Waals surface area contributed by atoms with Crippen LogP contribution in [0.5, 0.6) is 5.75 Å². The van der Waals surface area contributed by atoms with Gasteiger partial charge in [-0.05, 0) is 24.3 Å². The van der Waals surface area contributed by atoms with Crippen molar-refractivity contribution >= 4 is 5.82 Å². The van der Waals surface area contributed by atoms with Crippen molar-refractivity contribution in [2.75, 3.05) is 12.8 Å². The first kappa shape index (κ1) is 13.2. The Balaban J connectivity index is 2.35. The standard InChI is InChI=1S/C13H11F3N2O/c1-19-11-7-6-10(18-12(11)17)8-2-4-9(5-3-8)13(14,15)16/h2-7H,1H3,(H2,17,18). The maximum atomic E-state index is 12.4. The van der Waals surface area contributed by atoms with E-state index in [2.05, 4.69) is 4.98 Å². The number of aromatic nitrogens is 1. The van der Waals surface area contributed by atoms with Gasteiger partial charge in [0.25, 0.3) is 0 Å². The molecule has 2 N–H and O–H groups in total. The van der Waals surface area contributed by atoms with Gasteiger partial charge in [-0.3, -0.25) is 0 Å². The van der Waals surface area contributed by atoms with Crippen LogP contribution in [0.15, 0.2) is 36.4 Å². The zero-order valence-corrected chi connectivity index (χ0v) is 10.0. The molecule has 0 aliphatic heterocycles. The summed E-state index contributed by atoms with van der Waals surface area (Å²) in [4.78, 5) is 4.08. The molecule has 0 radical (unpaired) electrons. The first-order chi connectivity index (χ1) is 8.91. The van der Waals surface area contributed by atoms with Crippen LogP contribution in [0.25, 0.3) is 11.3 Å². The fourth-order valence-corrected chi connectivity index (χ4v) is 1.63. The van der Waals surface area contributed by atoms with E-state index in [4.69, 9.17) is 10.5 Å². The Kier molecular flexibility index (Phi) is 3.33. The molecule has 1 aromatic heterocycles. The van der Waals surface area contributed by atoms with Crippen molar-refractivity contribution < 1.29 is 17.9 Å². The number of pyridine rings is 1. The molecule has 0 amide bonds. The highest BCUT2D eigenvalue weighted by Crippen LogP contribution is 2.31. The molecule has 6 heteroatoms. The Bertz CT molecular complexity index is 579. The first-order valence-corrected chi connectivity index (χ1v) is 5.40. The lowest BCUT2D eigenvalue weighted by Crippen LogP contribution is -2.04. The van der Waals surface area contributed by atoms with Gasteiger partial charge in [-0.25, -0.2) is 4.98 Å². The van der Waals surface area contributed by atoms with E-state index >= 15 is 0 Å². The monoisotopic (exact) mass is 268 g/mol. The van der Waals surface area contributed by atoms with Gasteiger partial charge < -0.3 is 10.5 Å². The third kappa shape index (κ3) is 2.78. The lowest BCUT2D eigenvalue weighted by Gasteiger charge is -2.09. The summed E-state index contributed by atoms with van der Waals surface area (Å²) >= 11 is 0. The molecule has 0 spiro atoms. The number of benzene rings is 1. The summed E-state index contributed by atoms with van der Waals surface area (Å²) in [5, 5.41) is 0. The second kappa shape index (κ2) is 4.79. The largest absolute Gasteiger partial charge is 0.493 e. The van der Waals surface area contributed by atoms with Crippen LogP contribution in [0.3, 0.4) is 0 Å². The Labute approximate surface area is 107 Å². The fraction of sp³-hybridized carbons (Fsp3) is 0.154. The Morgan fingerprint density at radius 3 is 2.16 bits per heavy atom. The Morgan fingerprint density at radius 2 is 1.68 bits per heavy atom. The molecule has 19 heavy (non-hydrogen) atoms. The van der Waals surface area contributed by atoms with Crippen molar-refractivity contribution in [3.63, 3.8) is 0 Å². The molecule has 0 fully saturated rings. The van der Waals surface area contributed by atoms with E-state index < -0.39 is 11.7 Å². The number of hydrogen-bond acceptors (Lipinski definition) is 3. The minimum atomic E-state index is -4.34. The van der Waals surface area contributed by atoms with Gasteiger partial charge in [0.1, 0.15) is 0 Å². The number of hydrogen-bond donors (Lipinski definition) is 1. The number of halogens is 3. The number of nitrogens with zero attached hydrogens (tertiary/aromatic N) is 1. The molecule has 2 aromatic rings. The van der Waals surface area contributed by atoms with Crippen LogP contribution in [0.4, 0.5) is 19.0 Å². The molecular weight excluding hydrogens is 257 g/mol. The number of anilines is 1. The van der Waals surface area contributed by atoms with Crippen LogP contribution in [0.1, 0.15) is 5.56 Å². The van der Waals surface area contributed by atoms with E-state index in [1.165, 1.54) is 19.2 Å². The Hall–Kier alpha value is -2.24. The molecule has 3 nitrogen and oxygen atoms in total. The van der Waals surface area contributed by atoms with Gasteiger partial charge in [-0.15, -0.1) is 0 Å². The fourth-order valence-electron chi connectivity index (χ4n) is 1.63. The summed E-state index contributed by atoms with van der Waals surface area (Å²) in [6, 6.07) is 8.00. The van der Waals surface area contributed by atoms with Gasteiger partial charge in [-0.1, -0.05) is 12.1 Å². The van der Waals surface area contributed by atoms with E-state index in [0.29, 0.717) is 17.0 Å². The van der Waals surface area contributed by atoms with E-state index in [9.17, 15) is 13.2 Å². The second-order valence-electron chi connectivity index (χ2n) is 3.86. The highest BCUT2D eigenvalue weighted by Gasteiger charge is 2.29. The van der Waals surface area contributed by atoms with Gasteiger partial charge in [0.05, 0.1) is 18.4 Å². The topological polar surface area (TPSA) is 48.1 Å². The number of rotatable bonds is 2. The highest BCUT2D eigenvalue weighted by molar-refractivity contribution is 5.63. The van der Waals surface area contributed by atoms with Crippen LogP contribution in [-0.2, 0) is 6.18 Å². The van der Waals surface area contributed by atoms with Crippen LogP contribution in [-0.4, -0.2) is 12.1 Å². The van der Waals surface area contributed by atoms with E-state index in [1.54, 1.807) is 12.1 Å². The number of nitrogen functional groups attached to an aromatic ring is 1. The average molecular weight is 268 g/mol. The van der Waals surface area contributed by atoms with E-state index in [-0.39, 0.29) is 5.82 Å². The second-order valence-corrected chi connectivity index (χ2v) is 3.86. The van der Waals surface area contributed by atoms with Crippen LogP contribution in [0.2, 0.25) is 0 Å². The zero-order chi connectivity index (χ0) is 14.0. The molecule has 0 bridgehead atoms. The molecule has 1 aromatic carbocycles. The van der Waals surface area contributed by atoms with Crippen LogP contribution < -0.4 is 10.5 Å². The normalized spacial score (nSPS) is 11.4. The molecular formula is C13H11F3N2O. The smallest absolute Gasteiger partial charge is 0.416 e. The predicted molar refractivity (Wildman–Crippen MR) is 65.6 cm³/mol. The maximum absolute atomic E-state index is 12.4. The van der Waals surface area contributed by atoms with Gasteiger partial charge in [0.2, 0.25) is 0 Å². The molecule has 0 saturated heterocycles. The minimum Gasteiger partial charge on any atom is -0.493 e. The van der Waals surface area contributed by atoms with Crippen molar-refractivity contribution in [2.45, 2.75) is 6.18 Å². The lowest BCUT2D eigenvalue weighted by molar-refractivity contribution is -0.137. The Morgan fingerprint density at radius 1 is 1.05 bits per heavy atom. The van der Waals surface area contributed by atoms with Crippen molar-refractivity contribution in [2.24, 2.45) is 0 Å². The maximum Gasteiger partial charge on any atom is 0.416 e. The molecule has 2 rings (SSSR count). The molecule has 0 aliphatic carbocycles. The van der Waals surface area contributed by atoms with Crippen molar-refractivity contribution in [3.8, 4) is 17.0 Å². The summed E-state index contributed by atoms with van der Waals surface area (Å²) in [5.74, 6) is 0.621. The van der Waals surface area contributed by atoms with Gasteiger partial charge >= 0.3 is 6.18 Å².